The molecule has 0 saturated heterocycles. The molecule has 1 saturated carbocycles. The van der Waals surface area contributed by atoms with E-state index in [-0.39, 0.29) is 16.0 Å². The van der Waals surface area contributed by atoms with Crippen LogP contribution in [0.15, 0.2) is 35.2 Å². The van der Waals surface area contributed by atoms with Gasteiger partial charge >= 0.3 is 5.97 Å². The Hall–Kier alpha value is -2.16. The van der Waals surface area contributed by atoms with E-state index >= 15 is 0 Å². The van der Waals surface area contributed by atoms with Crippen LogP contribution in [0.4, 0.5) is 10.1 Å². The van der Waals surface area contributed by atoms with Crippen LogP contribution < -0.4 is 4.90 Å². The van der Waals surface area contributed by atoms with Gasteiger partial charge in [0, 0.05) is 32.2 Å². The largest absolute Gasteiger partial charge is 0.478 e. The van der Waals surface area contributed by atoms with Crippen molar-refractivity contribution in [2.24, 2.45) is 5.92 Å². The number of carboxylic acid groups (broad SMARTS) is 1. The predicted molar refractivity (Wildman–Crippen MR) is 122 cm³/mol. The molecule has 1 heterocycles. The Bertz CT molecular complexity index is 1160. The van der Waals surface area contributed by atoms with Crippen LogP contribution in [0.5, 0.6) is 0 Å². The molecule has 4 rings (SSSR count). The van der Waals surface area contributed by atoms with E-state index in [4.69, 9.17) is 11.6 Å². The quantitative estimate of drug-likeness (QED) is 0.678. The zero-order valence-electron chi connectivity index (χ0n) is 18.0. The Labute approximate surface area is 192 Å². The van der Waals surface area contributed by atoms with E-state index in [2.05, 4.69) is 0 Å². The van der Waals surface area contributed by atoms with Crippen LogP contribution in [0, 0.1) is 11.7 Å². The third-order valence-electron chi connectivity index (χ3n) is 6.75. The van der Waals surface area contributed by atoms with Crippen molar-refractivity contribution in [1.29, 1.82) is 0 Å². The van der Waals surface area contributed by atoms with Gasteiger partial charge in [0.05, 0.1) is 16.3 Å². The van der Waals surface area contributed by atoms with Gasteiger partial charge in [-0.15, -0.1) is 0 Å². The lowest BCUT2D eigenvalue weighted by Crippen LogP contribution is -2.46. The lowest BCUT2D eigenvalue weighted by Gasteiger charge is -2.36. The SMILES string of the molecule is CN1C[C@@H](C2CCCCC2)N(C)S(=O)(=O)c2cc(-c3ccc(F)c(C(=O)O)c3)c(Cl)cc21. The average Bonchev–Trinajstić information content (AvgIpc) is 2.83. The number of carboxylic acids is 1. The third kappa shape index (κ3) is 4.00. The van der Waals surface area contributed by atoms with Gasteiger partial charge in [-0.05, 0) is 48.6 Å². The van der Waals surface area contributed by atoms with Crippen molar-refractivity contribution in [2.75, 3.05) is 25.5 Å². The number of nitrogens with zero attached hydrogens (tertiary/aromatic N) is 2. The summed E-state index contributed by atoms with van der Waals surface area (Å²) in [4.78, 5) is 13.4. The summed E-state index contributed by atoms with van der Waals surface area (Å²) in [6.45, 7) is 0.558. The molecule has 1 atom stereocenters. The molecule has 6 nitrogen and oxygen atoms in total. The van der Waals surface area contributed by atoms with E-state index in [1.165, 1.54) is 28.9 Å². The van der Waals surface area contributed by atoms with Crippen molar-refractivity contribution < 1.29 is 22.7 Å². The number of halogens is 2. The Morgan fingerprint density at radius 2 is 1.81 bits per heavy atom. The van der Waals surface area contributed by atoms with E-state index < -0.39 is 27.4 Å². The van der Waals surface area contributed by atoms with Crippen molar-refractivity contribution >= 4 is 33.3 Å². The summed E-state index contributed by atoms with van der Waals surface area (Å²) < 4.78 is 42.7. The lowest BCUT2D eigenvalue weighted by atomic mass is 9.83. The molecule has 2 aromatic carbocycles. The van der Waals surface area contributed by atoms with Crippen molar-refractivity contribution in [3.05, 3.63) is 46.7 Å². The molecule has 0 spiro atoms. The van der Waals surface area contributed by atoms with E-state index in [0.29, 0.717) is 29.3 Å². The fourth-order valence-electron chi connectivity index (χ4n) is 4.92. The predicted octanol–water partition coefficient (Wildman–Crippen LogP) is 4.86. The number of anilines is 1. The second-order valence-corrected chi connectivity index (χ2v) is 11.0. The zero-order chi connectivity index (χ0) is 23.2. The standard InChI is InChI=1S/C23H26ClFN2O4S/c1-26-13-21(14-6-4-3-5-7-14)27(2)32(30,31)22-11-16(18(24)12-20(22)26)15-8-9-19(25)17(10-15)23(28)29/h8-12,14,21H,3-7,13H2,1-2H3,(H,28,29)/t21-/m0/s1. The highest BCUT2D eigenvalue weighted by Gasteiger charge is 2.39. The van der Waals surface area contributed by atoms with E-state index in [9.17, 15) is 22.7 Å². The first-order valence-electron chi connectivity index (χ1n) is 10.7. The molecular weight excluding hydrogens is 455 g/mol. The molecule has 0 unspecified atom stereocenters. The van der Waals surface area contributed by atoms with Gasteiger partial charge in [-0.1, -0.05) is 36.9 Å². The molecule has 9 heteroatoms. The number of carbonyl (C=O) groups is 1. The van der Waals surface area contributed by atoms with Crippen LogP contribution in [0.1, 0.15) is 42.5 Å². The van der Waals surface area contributed by atoms with Gasteiger partial charge in [-0.25, -0.2) is 17.6 Å². The van der Waals surface area contributed by atoms with Gasteiger partial charge in [0.15, 0.2) is 0 Å². The molecule has 2 aromatic rings. The van der Waals surface area contributed by atoms with Crippen molar-refractivity contribution in [1.82, 2.24) is 4.31 Å². The highest BCUT2D eigenvalue weighted by Crippen LogP contribution is 2.42. The zero-order valence-corrected chi connectivity index (χ0v) is 19.6. The molecular formula is C23H26ClFN2O4S. The van der Waals surface area contributed by atoms with Crippen LogP contribution >= 0.6 is 11.6 Å². The van der Waals surface area contributed by atoms with Gasteiger partial charge in [-0.3, -0.25) is 0 Å². The molecule has 0 aromatic heterocycles. The molecule has 32 heavy (non-hydrogen) atoms. The summed E-state index contributed by atoms with van der Waals surface area (Å²) in [6, 6.07) is 6.55. The molecule has 1 N–H and O–H groups in total. The maximum absolute atomic E-state index is 13.9. The number of aromatic carboxylic acids is 1. The second kappa shape index (κ2) is 8.65. The Morgan fingerprint density at radius 1 is 1.12 bits per heavy atom. The van der Waals surface area contributed by atoms with Crippen LogP contribution in [0.2, 0.25) is 5.02 Å². The minimum atomic E-state index is -3.83. The molecule has 172 valence electrons. The molecule has 1 fully saturated rings. The van der Waals surface area contributed by atoms with Gasteiger partial charge in [0.1, 0.15) is 10.7 Å². The van der Waals surface area contributed by atoms with Gasteiger partial charge in [0.25, 0.3) is 0 Å². The van der Waals surface area contributed by atoms with Gasteiger partial charge < -0.3 is 10.0 Å². The van der Waals surface area contributed by atoms with Crippen LogP contribution in [0.25, 0.3) is 11.1 Å². The maximum atomic E-state index is 13.9. The molecule has 1 aliphatic carbocycles. The number of fused-ring (bicyclic) bond motifs is 1. The van der Waals surface area contributed by atoms with Crippen LogP contribution in [0.3, 0.4) is 0 Å². The maximum Gasteiger partial charge on any atom is 0.338 e. The van der Waals surface area contributed by atoms with E-state index in [1.54, 1.807) is 13.1 Å². The number of hydrogen-bond donors (Lipinski definition) is 1. The van der Waals surface area contributed by atoms with Crippen LogP contribution in [-0.2, 0) is 10.0 Å². The fraction of sp³-hybridized carbons (Fsp3) is 0.435. The number of hydrogen-bond acceptors (Lipinski definition) is 4. The Balaban J connectivity index is 1.83. The third-order valence-corrected chi connectivity index (χ3v) is 8.97. The Morgan fingerprint density at radius 3 is 2.47 bits per heavy atom. The van der Waals surface area contributed by atoms with Crippen molar-refractivity contribution in [3.63, 3.8) is 0 Å². The molecule has 1 aliphatic heterocycles. The van der Waals surface area contributed by atoms with Crippen LogP contribution in [-0.4, -0.2) is 50.5 Å². The first-order chi connectivity index (χ1) is 15.1. The molecule has 0 bridgehead atoms. The van der Waals surface area contributed by atoms with Crippen molar-refractivity contribution in [2.45, 2.75) is 43.0 Å². The minimum absolute atomic E-state index is 0.112. The number of likely N-dealkylation sites (N-methyl/N-ethyl adjacent to an activating group) is 2. The Kier molecular flexibility index (Phi) is 6.22. The summed E-state index contributed by atoms with van der Waals surface area (Å²) in [7, 11) is -0.336. The highest BCUT2D eigenvalue weighted by atomic mass is 35.5. The van der Waals surface area contributed by atoms with Gasteiger partial charge in [-0.2, -0.15) is 4.31 Å². The number of benzene rings is 2. The number of sulfonamides is 1. The second-order valence-electron chi connectivity index (χ2n) is 8.67. The first kappa shape index (κ1) is 23.0. The average molecular weight is 481 g/mol. The highest BCUT2D eigenvalue weighted by molar-refractivity contribution is 7.89. The lowest BCUT2D eigenvalue weighted by molar-refractivity contribution is 0.0692. The first-order valence-corrected chi connectivity index (χ1v) is 12.5. The molecule has 2 aliphatic rings. The summed E-state index contributed by atoms with van der Waals surface area (Å²) in [5.74, 6) is -1.97. The fourth-order valence-corrected chi connectivity index (χ4v) is 6.84. The van der Waals surface area contributed by atoms with E-state index in [1.807, 2.05) is 11.9 Å². The minimum Gasteiger partial charge on any atom is -0.478 e. The summed E-state index contributed by atoms with van der Waals surface area (Å²) in [6.07, 6.45) is 5.42. The molecule has 0 radical (unpaired) electrons. The monoisotopic (exact) mass is 480 g/mol. The summed E-state index contributed by atoms with van der Waals surface area (Å²) in [5, 5.41) is 9.53. The van der Waals surface area contributed by atoms with Crippen molar-refractivity contribution in [3.8, 4) is 11.1 Å². The summed E-state index contributed by atoms with van der Waals surface area (Å²) >= 11 is 6.52. The number of rotatable bonds is 3. The van der Waals surface area contributed by atoms with Gasteiger partial charge in [0.2, 0.25) is 10.0 Å². The summed E-state index contributed by atoms with van der Waals surface area (Å²) in [5.41, 5.74) is 0.687. The normalized spacial score (nSPS) is 21.8. The topological polar surface area (TPSA) is 77.9 Å². The smallest absolute Gasteiger partial charge is 0.338 e. The molecule has 0 amide bonds. The van der Waals surface area contributed by atoms with E-state index in [0.717, 1.165) is 31.7 Å².